The Labute approximate surface area is 318 Å². The molecule has 0 unspecified atom stereocenters. The Balaban J connectivity index is 1.15. The maximum atomic E-state index is 12.9. The summed E-state index contributed by atoms with van der Waals surface area (Å²) in [4.78, 5) is 2.69. The Morgan fingerprint density at radius 1 is 0.611 bits per heavy atom. The van der Waals surface area contributed by atoms with Crippen molar-refractivity contribution in [1.29, 1.82) is 0 Å². The zero-order chi connectivity index (χ0) is 37.3. The zero-order valence-corrected chi connectivity index (χ0v) is 31.2. The summed E-state index contributed by atoms with van der Waals surface area (Å²) >= 11 is 0. The molecule has 54 heavy (non-hydrogen) atoms. The maximum absolute atomic E-state index is 12.9. The van der Waals surface area contributed by atoms with Crippen LogP contribution in [0.25, 0.3) is 11.1 Å². The quantitative estimate of drug-likeness (QED) is 0.116. The first-order valence-corrected chi connectivity index (χ1v) is 19.9. The van der Waals surface area contributed by atoms with Crippen LogP contribution in [0.4, 0.5) is 0 Å². The molecule has 4 atom stereocenters. The number of sulfonamides is 1. The number of hydrogen-bond acceptors (Lipinski definition) is 6. The molecule has 1 saturated heterocycles. The zero-order valence-electron chi connectivity index (χ0n) is 30.4. The lowest BCUT2D eigenvalue weighted by Crippen LogP contribution is -2.44. The Bertz CT molecular complexity index is 2160. The Hall–Kier alpha value is -4.93. The van der Waals surface area contributed by atoms with Gasteiger partial charge in [0.1, 0.15) is 0 Å². The molecular formula is C46H46N2O5S. The second-order valence-corrected chi connectivity index (χ2v) is 15.7. The van der Waals surface area contributed by atoms with E-state index in [1.807, 2.05) is 78.9 Å². The van der Waals surface area contributed by atoms with Gasteiger partial charge in [0, 0.05) is 37.7 Å². The summed E-state index contributed by atoms with van der Waals surface area (Å²) in [5.74, 6) is 0.0230. The van der Waals surface area contributed by atoms with Crippen LogP contribution in [0.5, 0.6) is 0 Å². The number of benzene rings is 6. The van der Waals surface area contributed by atoms with Gasteiger partial charge in [0.25, 0.3) is 0 Å². The highest BCUT2D eigenvalue weighted by atomic mass is 32.2. The summed E-state index contributed by atoms with van der Waals surface area (Å²) in [7, 11) is -3.64. The fourth-order valence-corrected chi connectivity index (χ4v) is 8.08. The first kappa shape index (κ1) is 37.4. The third-order valence-corrected chi connectivity index (χ3v) is 11.4. The number of aliphatic hydroxyl groups excluding tert-OH is 1. The monoisotopic (exact) mass is 738 g/mol. The van der Waals surface area contributed by atoms with Crippen molar-refractivity contribution in [2.24, 2.45) is 5.92 Å². The van der Waals surface area contributed by atoms with E-state index >= 15 is 0 Å². The second kappa shape index (κ2) is 17.5. The molecule has 7 rings (SSSR count). The molecular weight excluding hydrogens is 693 g/mol. The summed E-state index contributed by atoms with van der Waals surface area (Å²) in [6.07, 6.45) is -1.05. The Morgan fingerprint density at radius 3 is 1.81 bits per heavy atom. The molecule has 0 radical (unpaired) electrons. The molecule has 0 aliphatic carbocycles. The molecule has 2 N–H and O–H groups in total. The standard InChI is InChI=1S/C46H46N2O5S/c1-34-44(32-48(30-35-13-5-2-6-14-35)31-36-15-7-3-8-16-36)52-46(53-45(34)39-25-23-37(33-49)24-26-39)42-20-12-19-41(28-42)40-18-11-17-38(27-40)29-47-54(50,51)43-21-9-4-10-22-43/h2-28,34,44-47,49H,29-33H2,1H3/t34-,44+,45+,46+/m1/s1. The van der Waals surface area contributed by atoms with Gasteiger partial charge in [-0.25, -0.2) is 13.1 Å². The molecule has 6 aromatic carbocycles. The summed E-state index contributed by atoms with van der Waals surface area (Å²) in [6, 6.07) is 53.6. The molecule has 276 valence electrons. The third-order valence-electron chi connectivity index (χ3n) is 10.00. The number of nitrogens with one attached hydrogen (secondary N) is 1. The normalized spacial score (nSPS) is 18.8. The Morgan fingerprint density at radius 2 is 1.19 bits per heavy atom. The van der Waals surface area contributed by atoms with Gasteiger partial charge in [0.2, 0.25) is 10.0 Å². The number of ether oxygens (including phenoxy) is 2. The van der Waals surface area contributed by atoms with Crippen molar-refractivity contribution in [3.8, 4) is 11.1 Å². The molecule has 1 aliphatic rings. The number of rotatable bonds is 14. The minimum absolute atomic E-state index is 0.0173. The number of hydrogen-bond donors (Lipinski definition) is 2. The van der Waals surface area contributed by atoms with Crippen LogP contribution >= 0.6 is 0 Å². The molecule has 1 fully saturated rings. The van der Waals surface area contributed by atoms with E-state index in [1.54, 1.807) is 30.3 Å². The van der Waals surface area contributed by atoms with E-state index in [0.29, 0.717) is 6.54 Å². The van der Waals surface area contributed by atoms with Crippen LogP contribution in [0.15, 0.2) is 169 Å². The third kappa shape index (κ3) is 9.40. The molecule has 0 aromatic heterocycles. The van der Waals surface area contributed by atoms with Crippen LogP contribution in [0, 0.1) is 5.92 Å². The van der Waals surface area contributed by atoms with Crippen LogP contribution in [0.2, 0.25) is 0 Å². The van der Waals surface area contributed by atoms with Gasteiger partial charge in [-0.2, -0.15) is 0 Å². The van der Waals surface area contributed by atoms with Gasteiger partial charge in [-0.1, -0.05) is 146 Å². The fourth-order valence-electron chi connectivity index (χ4n) is 7.04. The molecule has 0 bridgehead atoms. The average molecular weight is 739 g/mol. The topological polar surface area (TPSA) is 88.1 Å². The van der Waals surface area contributed by atoms with E-state index in [-0.39, 0.29) is 36.2 Å². The van der Waals surface area contributed by atoms with Crippen molar-refractivity contribution in [1.82, 2.24) is 9.62 Å². The van der Waals surface area contributed by atoms with Crippen molar-refractivity contribution < 1.29 is 23.0 Å². The van der Waals surface area contributed by atoms with Gasteiger partial charge in [-0.3, -0.25) is 4.90 Å². The molecule has 1 heterocycles. The molecule has 0 saturated carbocycles. The van der Waals surface area contributed by atoms with E-state index in [4.69, 9.17) is 9.47 Å². The van der Waals surface area contributed by atoms with Gasteiger partial charge in [-0.15, -0.1) is 0 Å². The first-order chi connectivity index (χ1) is 26.3. The van der Waals surface area contributed by atoms with Crippen molar-refractivity contribution in [2.75, 3.05) is 6.54 Å². The summed E-state index contributed by atoms with van der Waals surface area (Å²) in [5, 5.41) is 9.73. The molecule has 0 spiro atoms. The van der Waals surface area contributed by atoms with Gasteiger partial charge in [0.05, 0.1) is 23.7 Å². The lowest BCUT2D eigenvalue weighted by atomic mass is 9.89. The van der Waals surface area contributed by atoms with Crippen LogP contribution in [-0.2, 0) is 45.7 Å². The van der Waals surface area contributed by atoms with Crippen molar-refractivity contribution in [3.63, 3.8) is 0 Å². The molecule has 0 amide bonds. The van der Waals surface area contributed by atoms with E-state index < -0.39 is 16.3 Å². The molecule has 1 aliphatic heterocycles. The number of aliphatic hydroxyl groups is 1. The lowest BCUT2D eigenvalue weighted by Gasteiger charge is -2.43. The molecule has 7 nitrogen and oxygen atoms in total. The highest BCUT2D eigenvalue weighted by Crippen LogP contribution is 2.42. The minimum Gasteiger partial charge on any atom is -0.392 e. The molecule has 8 heteroatoms. The smallest absolute Gasteiger partial charge is 0.240 e. The summed E-state index contributed by atoms with van der Waals surface area (Å²) in [6.45, 7) is 4.59. The highest BCUT2D eigenvalue weighted by molar-refractivity contribution is 7.89. The fraction of sp³-hybridized carbons (Fsp3) is 0.217. The van der Waals surface area contributed by atoms with Gasteiger partial charge < -0.3 is 14.6 Å². The predicted molar refractivity (Wildman–Crippen MR) is 212 cm³/mol. The van der Waals surface area contributed by atoms with E-state index in [1.165, 1.54) is 11.1 Å². The van der Waals surface area contributed by atoms with E-state index in [2.05, 4.69) is 71.1 Å². The Kier molecular flexibility index (Phi) is 12.1. The van der Waals surface area contributed by atoms with Gasteiger partial charge in [0.15, 0.2) is 6.29 Å². The molecule has 6 aromatic rings. The highest BCUT2D eigenvalue weighted by Gasteiger charge is 2.39. The largest absolute Gasteiger partial charge is 0.392 e. The van der Waals surface area contributed by atoms with Crippen LogP contribution in [-0.4, -0.2) is 31.1 Å². The van der Waals surface area contributed by atoms with Gasteiger partial charge in [-0.05, 0) is 63.2 Å². The predicted octanol–water partition coefficient (Wildman–Crippen LogP) is 8.82. The van der Waals surface area contributed by atoms with E-state index in [0.717, 1.165) is 46.5 Å². The van der Waals surface area contributed by atoms with Crippen LogP contribution < -0.4 is 4.72 Å². The van der Waals surface area contributed by atoms with Crippen molar-refractivity contribution >= 4 is 10.0 Å². The van der Waals surface area contributed by atoms with Gasteiger partial charge >= 0.3 is 0 Å². The second-order valence-electron chi connectivity index (χ2n) is 13.9. The lowest BCUT2D eigenvalue weighted by molar-refractivity contribution is -0.276. The SMILES string of the molecule is C[C@@H]1[C@H](CN(Cc2ccccc2)Cc2ccccc2)O[C@H](c2cccc(-c3cccc(CNS(=O)(=O)c4ccccc4)c3)c2)O[C@@H]1c1ccc(CO)cc1. The average Bonchev–Trinajstić information content (AvgIpc) is 3.22. The minimum atomic E-state index is -3.64. The van der Waals surface area contributed by atoms with E-state index in [9.17, 15) is 13.5 Å². The van der Waals surface area contributed by atoms with Crippen LogP contribution in [0.3, 0.4) is 0 Å². The summed E-state index contributed by atoms with van der Waals surface area (Å²) < 4.78 is 42.3. The first-order valence-electron chi connectivity index (χ1n) is 18.4. The summed E-state index contributed by atoms with van der Waals surface area (Å²) in [5.41, 5.74) is 8.05. The van der Waals surface area contributed by atoms with Crippen molar-refractivity contribution in [3.05, 3.63) is 197 Å². The van der Waals surface area contributed by atoms with Crippen LogP contribution in [0.1, 0.15) is 52.7 Å². The van der Waals surface area contributed by atoms with Crippen molar-refractivity contribution in [2.45, 2.75) is 56.6 Å². The maximum Gasteiger partial charge on any atom is 0.240 e. The number of nitrogens with zero attached hydrogens (tertiary/aromatic N) is 1.